The average molecular weight is 241 g/mol. The Morgan fingerprint density at radius 2 is 1.83 bits per heavy atom. The molecular weight excluding hydrogens is 226 g/mol. The minimum absolute atomic E-state index is 0.350. The average Bonchev–Trinajstić information content (AvgIpc) is 2.34. The molecular formula is C15H15NO2. The van der Waals surface area contributed by atoms with Crippen molar-refractivity contribution in [1.82, 2.24) is 4.98 Å². The Labute approximate surface area is 106 Å². The number of carbonyl (C=O) groups excluding carboxylic acids is 1. The van der Waals surface area contributed by atoms with Crippen molar-refractivity contribution in [3.63, 3.8) is 0 Å². The molecule has 2 rings (SSSR count). The van der Waals surface area contributed by atoms with Crippen molar-refractivity contribution in [1.29, 1.82) is 0 Å². The molecule has 0 bridgehead atoms. The fourth-order valence-electron chi connectivity index (χ4n) is 2.00. The van der Waals surface area contributed by atoms with Crippen LogP contribution in [-0.4, -0.2) is 11.3 Å². The molecule has 0 aliphatic rings. The summed E-state index contributed by atoms with van der Waals surface area (Å²) in [6, 6.07) is 7.50. The fourth-order valence-corrected chi connectivity index (χ4v) is 2.00. The van der Waals surface area contributed by atoms with E-state index in [4.69, 9.17) is 4.74 Å². The van der Waals surface area contributed by atoms with Gasteiger partial charge in [-0.25, -0.2) is 4.98 Å². The molecule has 0 atom stereocenters. The van der Waals surface area contributed by atoms with Crippen LogP contribution in [-0.2, 0) is 0 Å². The molecule has 1 aromatic heterocycles. The van der Waals surface area contributed by atoms with Crippen LogP contribution < -0.4 is 4.74 Å². The Bertz CT molecular complexity index is 568. The Kier molecular flexibility index (Phi) is 3.42. The van der Waals surface area contributed by atoms with E-state index in [1.54, 1.807) is 18.3 Å². The summed E-state index contributed by atoms with van der Waals surface area (Å²) in [7, 11) is 0. The number of benzene rings is 1. The van der Waals surface area contributed by atoms with E-state index in [1.807, 2.05) is 32.9 Å². The van der Waals surface area contributed by atoms with Crippen LogP contribution in [0.5, 0.6) is 11.6 Å². The molecule has 0 aliphatic heterocycles. The first kappa shape index (κ1) is 12.3. The third-order valence-corrected chi connectivity index (χ3v) is 2.73. The number of nitrogens with zero attached hydrogens (tertiary/aromatic N) is 1. The summed E-state index contributed by atoms with van der Waals surface area (Å²) in [6.07, 6.45) is 2.36. The summed E-state index contributed by atoms with van der Waals surface area (Å²) in [6.45, 7) is 6.01. The van der Waals surface area contributed by atoms with Gasteiger partial charge in [0.1, 0.15) is 5.75 Å². The predicted molar refractivity (Wildman–Crippen MR) is 70.4 cm³/mol. The molecule has 0 saturated carbocycles. The van der Waals surface area contributed by atoms with Gasteiger partial charge in [0.15, 0.2) is 6.29 Å². The van der Waals surface area contributed by atoms with Gasteiger partial charge < -0.3 is 4.74 Å². The van der Waals surface area contributed by atoms with E-state index >= 15 is 0 Å². The van der Waals surface area contributed by atoms with Crippen molar-refractivity contribution < 1.29 is 9.53 Å². The second kappa shape index (κ2) is 5.00. The number of rotatable bonds is 3. The summed E-state index contributed by atoms with van der Waals surface area (Å²) in [4.78, 5) is 15.0. The van der Waals surface area contributed by atoms with Crippen LogP contribution in [0.2, 0.25) is 0 Å². The van der Waals surface area contributed by atoms with Crippen LogP contribution in [0.1, 0.15) is 27.0 Å². The van der Waals surface area contributed by atoms with E-state index in [9.17, 15) is 4.79 Å². The molecule has 1 aromatic carbocycles. The van der Waals surface area contributed by atoms with E-state index in [0.717, 1.165) is 23.2 Å². The van der Waals surface area contributed by atoms with Gasteiger partial charge in [0.2, 0.25) is 5.88 Å². The van der Waals surface area contributed by atoms with Crippen LogP contribution in [0.25, 0.3) is 0 Å². The van der Waals surface area contributed by atoms with Crippen LogP contribution in [0.4, 0.5) is 0 Å². The van der Waals surface area contributed by atoms with Gasteiger partial charge in [0.25, 0.3) is 0 Å². The van der Waals surface area contributed by atoms with Crippen molar-refractivity contribution in [2.24, 2.45) is 0 Å². The van der Waals surface area contributed by atoms with E-state index in [-0.39, 0.29) is 0 Å². The molecule has 0 N–H and O–H groups in total. The SMILES string of the molecule is Cc1cc(C)c(Oc2ncccc2C=O)c(C)c1. The molecule has 0 unspecified atom stereocenters. The first-order valence-electron chi connectivity index (χ1n) is 5.77. The summed E-state index contributed by atoms with van der Waals surface area (Å²) in [5, 5.41) is 0. The molecule has 0 amide bonds. The number of aldehydes is 1. The number of pyridine rings is 1. The van der Waals surface area contributed by atoms with E-state index in [0.29, 0.717) is 11.4 Å². The molecule has 0 radical (unpaired) electrons. The van der Waals surface area contributed by atoms with Crippen molar-refractivity contribution in [3.8, 4) is 11.6 Å². The number of aromatic nitrogens is 1. The maximum Gasteiger partial charge on any atom is 0.229 e. The Balaban J connectivity index is 2.43. The molecule has 1 heterocycles. The lowest BCUT2D eigenvalue weighted by molar-refractivity contribution is 0.112. The first-order valence-corrected chi connectivity index (χ1v) is 5.77. The monoisotopic (exact) mass is 241 g/mol. The maximum atomic E-state index is 10.9. The molecule has 0 spiro atoms. The highest BCUT2D eigenvalue weighted by Gasteiger charge is 2.10. The number of carbonyl (C=O) groups is 1. The molecule has 0 fully saturated rings. The zero-order chi connectivity index (χ0) is 13.1. The topological polar surface area (TPSA) is 39.2 Å². The van der Waals surface area contributed by atoms with Crippen LogP contribution in [0.3, 0.4) is 0 Å². The van der Waals surface area contributed by atoms with Crippen molar-refractivity contribution in [3.05, 3.63) is 52.7 Å². The Morgan fingerprint density at radius 3 is 2.44 bits per heavy atom. The van der Waals surface area contributed by atoms with Crippen LogP contribution in [0.15, 0.2) is 30.5 Å². The number of hydrogen-bond donors (Lipinski definition) is 0. The minimum Gasteiger partial charge on any atom is -0.438 e. The molecule has 3 nitrogen and oxygen atoms in total. The van der Waals surface area contributed by atoms with Crippen LogP contribution >= 0.6 is 0 Å². The molecule has 0 saturated heterocycles. The normalized spacial score (nSPS) is 10.2. The van der Waals surface area contributed by atoms with Crippen LogP contribution in [0, 0.1) is 20.8 Å². The van der Waals surface area contributed by atoms with Gasteiger partial charge in [-0.2, -0.15) is 0 Å². The van der Waals surface area contributed by atoms with Crippen molar-refractivity contribution in [2.75, 3.05) is 0 Å². The highest BCUT2D eigenvalue weighted by molar-refractivity contribution is 5.78. The largest absolute Gasteiger partial charge is 0.438 e. The second-order valence-corrected chi connectivity index (χ2v) is 4.35. The lowest BCUT2D eigenvalue weighted by Crippen LogP contribution is -1.97. The standard InChI is InChI=1S/C15H15NO2/c1-10-7-11(2)14(12(3)8-10)18-15-13(9-17)5-4-6-16-15/h4-9H,1-3H3. The van der Waals surface area contributed by atoms with E-state index in [2.05, 4.69) is 4.98 Å². The number of hydrogen-bond acceptors (Lipinski definition) is 3. The second-order valence-electron chi connectivity index (χ2n) is 4.35. The van der Waals surface area contributed by atoms with E-state index in [1.165, 1.54) is 5.56 Å². The molecule has 3 heteroatoms. The van der Waals surface area contributed by atoms with Crippen molar-refractivity contribution in [2.45, 2.75) is 20.8 Å². The molecule has 92 valence electrons. The quantitative estimate of drug-likeness (QED) is 0.770. The predicted octanol–water partition coefficient (Wildman–Crippen LogP) is 3.61. The number of ether oxygens (including phenoxy) is 1. The van der Waals surface area contributed by atoms with Gasteiger partial charge in [-0.15, -0.1) is 0 Å². The van der Waals surface area contributed by atoms with Gasteiger partial charge in [0, 0.05) is 6.20 Å². The first-order chi connectivity index (χ1) is 8.61. The van der Waals surface area contributed by atoms with Gasteiger partial charge in [-0.3, -0.25) is 4.79 Å². The Morgan fingerprint density at radius 1 is 1.17 bits per heavy atom. The molecule has 18 heavy (non-hydrogen) atoms. The summed E-state index contributed by atoms with van der Waals surface area (Å²) < 4.78 is 5.77. The number of aryl methyl sites for hydroxylation is 3. The minimum atomic E-state index is 0.350. The summed E-state index contributed by atoms with van der Waals surface area (Å²) >= 11 is 0. The van der Waals surface area contributed by atoms with Gasteiger partial charge in [-0.05, 0) is 44.0 Å². The van der Waals surface area contributed by atoms with Gasteiger partial charge in [-0.1, -0.05) is 17.7 Å². The summed E-state index contributed by atoms with van der Waals surface area (Å²) in [5.74, 6) is 1.12. The Hall–Kier alpha value is -2.16. The summed E-state index contributed by atoms with van der Waals surface area (Å²) in [5.41, 5.74) is 3.72. The maximum absolute atomic E-state index is 10.9. The van der Waals surface area contributed by atoms with E-state index < -0.39 is 0 Å². The van der Waals surface area contributed by atoms with Crippen molar-refractivity contribution >= 4 is 6.29 Å². The van der Waals surface area contributed by atoms with Gasteiger partial charge in [0.05, 0.1) is 5.56 Å². The van der Waals surface area contributed by atoms with Gasteiger partial charge >= 0.3 is 0 Å². The lowest BCUT2D eigenvalue weighted by atomic mass is 10.1. The third kappa shape index (κ3) is 2.40. The highest BCUT2D eigenvalue weighted by Crippen LogP contribution is 2.29. The smallest absolute Gasteiger partial charge is 0.229 e. The zero-order valence-corrected chi connectivity index (χ0v) is 10.7. The third-order valence-electron chi connectivity index (χ3n) is 2.73. The molecule has 0 aliphatic carbocycles. The lowest BCUT2D eigenvalue weighted by Gasteiger charge is -2.12. The highest BCUT2D eigenvalue weighted by atomic mass is 16.5. The fraction of sp³-hybridized carbons (Fsp3) is 0.200. The zero-order valence-electron chi connectivity index (χ0n) is 10.7. The molecule has 2 aromatic rings.